The highest BCUT2D eigenvalue weighted by Gasteiger charge is 2.16. The third-order valence-corrected chi connectivity index (χ3v) is 3.83. The maximum Gasteiger partial charge on any atom is 0.252 e. The van der Waals surface area contributed by atoms with Gasteiger partial charge in [0.25, 0.3) is 5.78 Å². The fraction of sp³-hybridized carbons (Fsp3) is 0.111. The maximum absolute atomic E-state index is 4.65. The molecule has 0 bridgehead atoms. The number of H-pyrrole nitrogens is 1. The lowest BCUT2D eigenvalue weighted by Gasteiger charge is -2.08. The molecule has 5 heteroatoms. The van der Waals surface area contributed by atoms with Gasteiger partial charge in [-0.1, -0.05) is 42.0 Å². The average molecular weight is 303 g/mol. The van der Waals surface area contributed by atoms with Crippen LogP contribution in [0.25, 0.3) is 17.0 Å². The molecule has 0 spiro atoms. The van der Waals surface area contributed by atoms with Gasteiger partial charge >= 0.3 is 0 Å². The van der Waals surface area contributed by atoms with Crippen molar-refractivity contribution in [2.75, 3.05) is 5.32 Å². The summed E-state index contributed by atoms with van der Waals surface area (Å²) >= 11 is 0. The van der Waals surface area contributed by atoms with Crippen molar-refractivity contribution in [2.24, 2.45) is 0 Å². The molecule has 0 aliphatic rings. The van der Waals surface area contributed by atoms with Crippen molar-refractivity contribution in [1.29, 1.82) is 0 Å². The number of nitrogens with zero attached hydrogens (tertiary/aromatic N) is 3. The second kappa shape index (κ2) is 5.28. The van der Waals surface area contributed by atoms with E-state index in [0.717, 1.165) is 22.8 Å². The van der Waals surface area contributed by atoms with Gasteiger partial charge in [-0.15, -0.1) is 0 Å². The number of benzene rings is 2. The summed E-state index contributed by atoms with van der Waals surface area (Å²) in [6.07, 6.45) is 1.64. The monoisotopic (exact) mass is 303 g/mol. The lowest BCUT2D eigenvalue weighted by molar-refractivity contribution is 0.980. The van der Waals surface area contributed by atoms with Crippen LogP contribution in [-0.4, -0.2) is 19.6 Å². The number of aromatic nitrogens is 4. The molecule has 0 aliphatic heterocycles. The molecule has 0 atom stereocenters. The van der Waals surface area contributed by atoms with Crippen molar-refractivity contribution in [3.8, 4) is 11.3 Å². The normalized spacial score (nSPS) is 11.0. The summed E-state index contributed by atoms with van der Waals surface area (Å²) in [5.41, 5.74) is 5.40. The first-order valence-electron chi connectivity index (χ1n) is 7.53. The Labute approximate surface area is 134 Å². The highest BCUT2D eigenvalue weighted by atomic mass is 15.4. The molecule has 23 heavy (non-hydrogen) atoms. The number of hydrogen-bond donors (Lipinski definition) is 2. The Morgan fingerprint density at radius 3 is 2.61 bits per heavy atom. The van der Waals surface area contributed by atoms with Gasteiger partial charge in [0.15, 0.2) is 5.82 Å². The summed E-state index contributed by atoms with van der Waals surface area (Å²) in [5, 5.41) is 6.57. The van der Waals surface area contributed by atoms with Gasteiger partial charge in [-0.25, -0.2) is 14.5 Å². The Morgan fingerprint density at radius 2 is 1.83 bits per heavy atom. The minimum Gasteiger partial charge on any atom is -0.338 e. The summed E-state index contributed by atoms with van der Waals surface area (Å²) in [6, 6.07) is 16.6. The smallest absolute Gasteiger partial charge is 0.252 e. The quantitative estimate of drug-likeness (QED) is 0.599. The molecule has 0 radical (unpaired) electrons. The van der Waals surface area contributed by atoms with Gasteiger partial charge in [0, 0.05) is 11.3 Å². The van der Waals surface area contributed by atoms with Crippen LogP contribution in [0.3, 0.4) is 0 Å². The van der Waals surface area contributed by atoms with Crippen molar-refractivity contribution >= 4 is 17.3 Å². The fourth-order valence-corrected chi connectivity index (χ4v) is 2.65. The van der Waals surface area contributed by atoms with Crippen molar-refractivity contribution < 1.29 is 0 Å². The van der Waals surface area contributed by atoms with Gasteiger partial charge in [0.1, 0.15) is 12.0 Å². The molecule has 4 aromatic rings. The van der Waals surface area contributed by atoms with Gasteiger partial charge in [-0.3, -0.25) is 5.10 Å². The number of fused-ring (bicyclic) bond motifs is 1. The molecule has 4 rings (SSSR count). The largest absolute Gasteiger partial charge is 0.338 e. The fourth-order valence-electron chi connectivity index (χ4n) is 2.65. The first kappa shape index (κ1) is 13.6. The van der Waals surface area contributed by atoms with Crippen LogP contribution in [0.1, 0.15) is 11.1 Å². The first-order valence-corrected chi connectivity index (χ1v) is 7.53. The van der Waals surface area contributed by atoms with Gasteiger partial charge in [-0.05, 0) is 31.5 Å². The number of nitrogens with one attached hydrogen (secondary N) is 2. The zero-order chi connectivity index (χ0) is 15.8. The Kier molecular flexibility index (Phi) is 3.12. The molecule has 2 N–H and O–H groups in total. The third-order valence-electron chi connectivity index (χ3n) is 3.83. The molecule has 2 heterocycles. The molecule has 2 aromatic heterocycles. The van der Waals surface area contributed by atoms with Crippen LogP contribution in [-0.2, 0) is 0 Å². The van der Waals surface area contributed by atoms with Crippen LogP contribution >= 0.6 is 0 Å². The van der Waals surface area contributed by atoms with Crippen molar-refractivity contribution in [3.05, 3.63) is 66.0 Å². The SMILES string of the molecule is Cc1ccc(-c2nc3nc[nH]n3c2Nc2cccc(C)c2)cc1. The van der Waals surface area contributed by atoms with Crippen LogP contribution in [0.4, 0.5) is 11.5 Å². The van der Waals surface area contributed by atoms with Crippen LogP contribution in [0.2, 0.25) is 0 Å². The zero-order valence-electron chi connectivity index (χ0n) is 13.0. The predicted molar refractivity (Wildman–Crippen MR) is 92.0 cm³/mol. The first-order chi connectivity index (χ1) is 11.2. The molecule has 0 saturated heterocycles. The van der Waals surface area contributed by atoms with Crippen LogP contribution < -0.4 is 5.32 Å². The van der Waals surface area contributed by atoms with E-state index in [2.05, 4.69) is 70.6 Å². The molecule has 0 fully saturated rings. The van der Waals surface area contributed by atoms with Crippen molar-refractivity contribution in [2.45, 2.75) is 13.8 Å². The minimum absolute atomic E-state index is 0.649. The van der Waals surface area contributed by atoms with E-state index in [-0.39, 0.29) is 0 Å². The summed E-state index contributed by atoms with van der Waals surface area (Å²) in [5.74, 6) is 1.53. The number of aromatic amines is 1. The topological polar surface area (TPSA) is 58.0 Å². The summed E-state index contributed by atoms with van der Waals surface area (Å²) in [6.45, 7) is 4.16. The highest BCUT2D eigenvalue weighted by molar-refractivity contribution is 5.78. The highest BCUT2D eigenvalue weighted by Crippen LogP contribution is 2.30. The Bertz CT molecular complexity index is 963. The van der Waals surface area contributed by atoms with Gasteiger partial charge < -0.3 is 5.32 Å². The van der Waals surface area contributed by atoms with Gasteiger partial charge in [0.05, 0.1) is 0 Å². The van der Waals surface area contributed by atoms with Crippen LogP contribution in [0.15, 0.2) is 54.9 Å². The number of hydrogen-bond acceptors (Lipinski definition) is 3. The second-order valence-corrected chi connectivity index (χ2v) is 5.69. The number of rotatable bonds is 3. The van der Waals surface area contributed by atoms with Crippen LogP contribution in [0.5, 0.6) is 0 Å². The zero-order valence-corrected chi connectivity index (χ0v) is 13.0. The second-order valence-electron chi connectivity index (χ2n) is 5.69. The summed E-state index contributed by atoms with van der Waals surface area (Å²) < 4.78 is 1.86. The average Bonchev–Trinajstić information content (AvgIpc) is 3.11. The Morgan fingerprint density at radius 1 is 1.00 bits per heavy atom. The maximum atomic E-state index is 4.65. The number of aryl methyl sites for hydroxylation is 2. The van der Waals surface area contributed by atoms with Crippen molar-refractivity contribution in [3.63, 3.8) is 0 Å². The molecule has 5 nitrogen and oxygen atoms in total. The molecule has 0 unspecified atom stereocenters. The lowest BCUT2D eigenvalue weighted by Crippen LogP contribution is -1.97. The van der Waals surface area contributed by atoms with Crippen molar-refractivity contribution in [1.82, 2.24) is 19.6 Å². The standard InChI is InChI=1S/C18H17N5/c1-12-6-8-14(9-7-12)16-17(23-18(22-16)19-11-20-23)21-15-5-3-4-13(2)10-15/h3-11,21H,1-2H3,(H,19,20,22). The van der Waals surface area contributed by atoms with E-state index in [9.17, 15) is 0 Å². The number of anilines is 2. The van der Waals surface area contributed by atoms with E-state index in [4.69, 9.17) is 0 Å². The van der Waals surface area contributed by atoms with E-state index < -0.39 is 0 Å². The van der Waals surface area contributed by atoms with E-state index in [1.807, 2.05) is 16.6 Å². The lowest BCUT2D eigenvalue weighted by atomic mass is 10.1. The molecular weight excluding hydrogens is 286 g/mol. The van der Waals surface area contributed by atoms with E-state index in [1.165, 1.54) is 11.1 Å². The molecule has 2 aromatic carbocycles. The van der Waals surface area contributed by atoms with E-state index in [1.54, 1.807) is 6.33 Å². The van der Waals surface area contributed by atoms with Gasteiger partial charge in [0.2, 0.25) is 0 Å². The van der Waals surface area contributed by atoms with E-state index >= 15 is 0 Å². The molecule has 0 amide bonds. The summed E-state index contributed by atoms with van der Waals surface area (Å²) in [7, 11) is 0. The molecular formula is C18H17N5. The minimum atomic E-state index is 0.649. The number of imidazole rings is 1. The molecule has 0 aliphatic carbocycles. The van der Waals surface area contributed by atoms with Crippen LogP contribution in [0, 0.1) is 13.8 Å². The molecule has 0 saturated carbocycles. The Balaban J connectivity index is 1.85. The molecule has 114 valence electrons. The van der Waals surface area contributed by atoms with E-state index in [0.29, 0.717) is 5.78 Å². The van der Waals surface area contributed by atoms with Gasteiger partial charge in [-0.2, -0.15) is 0 Å². The summed E-state index contributed by atoms with van der Waals surface area (Å²) in [4.78, 5) is 8.91. The Hall–Kier alpha value is -3.08. The predicted octanol–water partition coefficient (Wildman–Crippen LogP) is 4.08. The third kappa shape index (κ3) is 2.46.